The van der Waals surface area contributed by atoms with Crippen LogP contribution in [0.4, 0.5) is 5.69 Å². The molecule has 0 aromatic heterocycles. The Morgan fingerprint density at radius 1 is 1.31 bits per heavy atom. The van der Waals surface area contributed by atoms with E-state index in [0.29, 0.717) is 6.42 Å². The lowest BCUT2D eigenvalue weighted by Gasteiger charge is -2.14. The molecule has 0 heterocycles. The third-order valence-electron chi connectivity index (χ3n) is 2.20. The average molecular weight is 223 g/mol. The molecule has 1 aromatic rings. The van der Waals surface area contributed by atoms with Crippen LogP contribution in [0.15, 0.2) is 24.3 Å². The summed E-state index contributed by atoms with van der Waals surface area (Å²) < 4.78 is 9.65. The fourth-order valence-electron chi connectivity index (χ4n) is 1.36. The predicted octanol–water partition coefficient (Wildman–Crippen LogP) is 2.06. The van der Waals surface area contributed by atoms with Crippen LogP contribution >= 0.6 is 0 Å². The molecular weight excluding hydrogens is 206 g/mol. The first-order valence-electron chi connectivity index (χ1n) is 5.13. The summed E-state index contributed by atoms with van der Waals surface area (Å²) in [6, 6.07) is 7.60. The van der Waals surface area contributed by atoms with Gasteiger partial charge in [0, 0.05) is 11.7 Å². The summed E-state index contributed by atoms with van der Waals surface area (Å²) in [5, 5.41) is 3.20. The summed E-state index contributed by atoms with van der Waals surface area (Å²) in [4.78, 5) is 11.0. The Kier molecular flexibility index (Phi) is 4.64. The molecule has 1 aromatic carbocycles. The van der Waals surface area contributed by atoms with Crippen molar-refractivity contribution >= 4 is 11.7 Å². The minimum atomic E-state index is -0.214. The molecule has 0 aliphatic heterocycles. The standard InChI is InChI=1S/C12H17NO3/c1-9(8-12(14)16-3)13-10-4-6-11(15-2)7-5-10/h4-7,9,13H,8H2,1-3H3. The molecular formula is C12H17NO3. The zero-order chi connectivity index (χ0) is 12.0. The summed E-state index contributed by atoms with van der Waals surface area (Å²) in [6.07, 6.45) is 0.350. The van der Waals surface area contributed by atoms with Crippen molar-refractivity contribution in [1.29, 1.82) is 0 Å². The van der Waals surface area contributed by atoms with E-state index in [1.54, 1.807) is 7.11 Å². The number of rotatable bonds is 5. The van der Waals surface area contributed by atoms with Gasteiger partial charge in [-0.25, -0.2) is 0 Å². The maximum absolute atomic E-state index is 11.0. The molecule has 4 heteroatoms. The molecule has 1 unspecified atom stereocenters. The number of nitrogens with one attached hydrogen (secondary N) is 1. The lowest BCUT2D eigenvalue weighted by atomic mass is 10.2. The average Bonchev–Trinajstić information content (AvgIpc) is 2.29. The van der Waals surface area contributed by atoms with Gasteiger partial charge in [-0.05, 0) is 31.2 Å². The molecule has 1 atom stereocenters. The molecule has 0 bridgehead atoms. The fourth-order valence-corrected chi connectivity index (χ4v) is 1.36. The van der Waals surface area contributed by atoms with Crippen molar-refractivity contribution in [2.75, 3.05) is 19.5 Å². The molecule has 0 amide bonds. The molecule has 0 aliphatic rings. The number of anilines is 1. The van der Waals surface area contributed by atoms with E-state index in [4.69, 9.17) is 4.74 Å². The second-order valence-electron chi connectivity index (χ2n) is 3.55. The predicted molar refractivity (Wildman–Crippen MR) is 62.7 cm³/mol. The van der Waals surface area contributed by atoms with Crippen LogP contribution < -0.4 is 10.1 Å². The molecule has 0 radical (unpaired) electrons. The maximum atomic E-state index is 11.0. The fraction of sp³-hybridized carbons (Fsp3) is 0.417. The first-order valence-corrected chi connectivity index (χ1v) is 5.13. The summed E-state index contributed by atoms with van der Waals surface area (Å²) in [5.74, 6) is 0.597. The van der Waals surface area contributed by atoms with E-state index in [1.165, 1.54) is 7.11 Å². The largest absolute Gasteiger partial charge is 0.497 e. The summed E-state index contributed by atoms with van der Waals surface area (Å²) in [6.45, 7) is 1.93. The van der Waals surface area contributed by atoms with Gasteiger partial charge in [0.05, 0.1) is 20.6 Å². The number of ether oxygens (including phenoxy) is 2. The van der Waals surface area contributed by atoms with Gasteiger partial charge in [0.25, 0.3) is 0 Å². The van der Waals surface area contributed by atoms with Crippen LogP contribution in [0.5, 0.6) is 5.75 Å². The molecule has 0 spiro atoms. The molecule has 0 saturated heterocycles. The number of carbonyl (C=O) groups is 1. The van der Waals surface area contributed by atoms with Gasteiger partial charge in [-0.2, -0.15) is 0 Å². The SMILES string of the molecule is COC(=O)CC(C)Nc1ccc(OC)cc1. The number of carbonyl (C=O) groups excluding carboxylic acids is 1. The number of hydrogen-bond acceptors (Lipinski definition) is 4. The molecule has 0 aliphatic carbocycles. The van der Waals surface area contributed by atoms with Crippen LogP contribution in [0, 0.1) is 0 Å². The van der Waals surface area contributed by atoms with E-state index in [9.17, 15) is 4.79 Å². The molecule has 88 valence electrons. The van der Waals surface area contributed by atoms with Gasteiger partial charge >= 0.3 is 5.97 Å². The minimum Gasteiger partial charge on any atom is -0.497 e. The number of hydrogen-bond donors (Lipinski definition) is 1. The van der Waals surface area contributed by atoms with Crippen LogP contribution in [0.25, 0.3) is 0 Å². The van der Waals surface area contributed by atoms with Crippen molar-refractivity contribution in [3.63, 3.8) is 0 Å². The topological polar surface area (TPSA) is 47.6 Å². The number of benzene rings is 1. The molecule has 4 nitrogen and oxygen atoms in total. The minimum absolute atomic E-state index is 0.0424. The highest BCUT2D eigenvalue weighted by Gasteiger charge is 2.08. The van der Waals surface area contributed by atoms with Crippen LogP contribution in [-0.4, -0.2) is 26.2 Å². The van der Waals surface area contributed by atoms with Gasteiger partial charge in [-0.15, -0.1) is 0 Å². The monoisotopic (exact) mass is 223 g/mol. The summed E-state index contributed by atoms with van der Waals surface area (Å²) in [7, 11) is 3.02. The third kappa shape index (κ3) is 3.81. The smallest absolute Gasteiger partial charge is 0.307 e. The number of methoxy groups -OCH3 is 2. The lowest BCUT2D eigenvalue weighted by Crippen LogP contribution is -2.20. The second kappa shape index (κ2) is 6.00. The third-order valence-corrected chi connectivity index (χ3v) is 2.20. The van der Waals surface area contributed by atoms with Crippen LogP contribution in [0.2, 0.25) is 0 Å². The van der Waals surface area contributed by atoms with Gasteiger partial charge < -0.3 is 14.8 Å². The maximum Gasteiger partial charge on any atom is 0.307 e. The summed E-state index contributed by atoms with van der Waals surface area (Å²) >= 11 is 0. The van der Waals surface area contributed by atoms with Gasteiger partial charge in [0.1, 0.15) is 5.75 Å². The normalized spacial score (nSPS) is 11.7. The Morgan fingerprint density at radius 3 is 2.44 bits per heavy atom. The quantitative estimate of drug-likeness (QED) is 0.776. The second-order valence-corrected chi connectivity index (χ2v) is 3.55. The number of esters is 1. The highest BCUT2D eigenvalue weighted by Crippen LogP contribution is 2.16. The Labute approximate surface area is 95.6 Å². The van der Waals surface area contributed by atoms with E-state index < -0.39 is 0 Å². The van der Waals surface area contributed by atoms with Crippen molar-refractivity contribution in [2.24, 2.45) is 0 Å². The van der Waals surface area contributed by atoms with E-state index in [-0.39, 0.29) is 12.0 Å². The molecule has 1 rings (SSSR count). The first-order chi connectivity index (χ1) is 7.65. The molecule has 1 N–H and O–H groups in total. The Hall–Kier alpha value is -1.71. The molecule has 16 heavy (non-hydrogen) atoms. The van der Waals surface area contributed by atoms with Crippen LogP contribution in [0.3, 0.4) is 0 Å². The van der Waals surface area contributed by atoms with Gasteiger partial charge in [0.15, 0.2) is 0 Å². The molecule has 0 fully saturated rings. The van der Waals surface area contributed by atoms with Crippen molar-refractivity contribution < 1.29 is 14.3 Å². The lowest BCUT2D eigenvalue weighted by molar-refractivity contribution is -0.140. The zero-order valence-electron chi connectivity index (χ0n) is 9.82. The van der Waals surface area contributed by atoms with Gasteiger partial charge in [0.2, 0.25) is 0 Å². The highest BCUT2D eigenvalue weighted by atomic mass is 16.5. The van der Waals surface area contributed by atoms with Gasteiger partial charge in [-0.3, -0.25) is 4.79 Å². The zero-order valence-corrected chi connectivity index (χ0v) is 9.82. The van der Waals surface area contributed by atoms with E-state index in [0.717, 1.165) is 11.4 Å². The van der Waals surface area contributed by atoms with Crippen molar-refractivity contribution in [1.82, 2.24) is 0 Å². The first kappa shape index (κ1) is 12.4. The van der Waals surface area contributed by atoms with Gasteiger partial charge in [-0.1, -0.05) is 0 Å². The van der Waals surface area contributed by atoms with Crippen molar-refractivity contribution in [3.05, 3.63) is 24.3 Å². The van der Waals surface area contributed by atoms with Crippen molar-refractivity contribution in [3.8, 4) is 5.75 Å². The van der Waals surface area contributed by atoms with Crippen LogP contribution in [-0.2, 0) is 9.53 Å². The van der Waals surface area contributed by atoms with E-state index in [2.05, 4.69) is 10.1 Å². The highest BCUT2D eigenvalue weighted by molar-refractivity contribution is 5.70. The van der Waals surface area contributed by atoms with E-state index in [1.807, 2.05) is 31.2 Å². The van der Waals surface area contributed by atoms with Crippen molar-refractivity contribution in [2.45, 2.75) is 19.4 Å². The Bertz CT molecular complexity index is 335. The Morgan fingerprint density at radius 2 is 1.94 bits per heavy atom. The Balaban J connectivity index is 2.49. The molecule has 0 saturated carbocycles. The summed E-state index contributed by atoms with van der Waals surface area (Å²) in [5.41, 5.74) is 0.956. The van der Waals surface area contributed by atoms with Crippen LogP contribution in [0.1, 0.15) is 13.3 Å². The van der Waals surface area contributed by atoms with E-state index >= 15 is 0 Å².